The molecule has 0 N–H and O–H groups in total. The highest BCUT2D eigenvalue weighted by molar-refractivity contribution is 7.90. The molecule has 0 bridgehead atoms. The first kappa shape index (κ1) is 16.7. The number of ether oxygens (including phenoxy) is 1. The van der Waals surface area contributed by atoms with Crippen LogP contribution in [-0.4, -0.2) is 27.2 Å². The van der Waals surface area contributed by atoms with E-state index in [0.29, 0.717) is 29.2 Å². The minimum Gasteiger partial charge on any atom is -0.462 e. The van der Waals surface area contributed by atoms with Crippen molar-refractivity contribution in [3.05, 3.63) is 70.3 Å². The Labute approximate surface area is 145 Å². The summed E-state index contributed by atoms with van der Waals surface area (Å²) in [4.78, 5) is 12.3. The Bertz CT molecular complexity index is 928. The smallest absolute Gasteiger partial charge is 0.334 e. The summed E-state index contributed by atoms with van der Waals surface area (Å²) in [5.74, 6) is -0.364. The molecule has 0 spiro atoms. The molecule has 2 aromatic rings. The van der Waals surface area contributed by atoms with E-state index in [0.717, 1.165) is 17.4 Å². The Kier molecular flexibility index (Phi) is 4.47. The van der Waals surface area contributed by atoms with Gasteiger partial charge in [-0.05, 0) is 23.8 Å². The van der Waals surface area contributed by atoms with E-state index in [2.05, 4.69) is 0 Å². The highest BCUT2D eigenvalue weighted by atomic mass is 35.5. The van der Waals surface area contributed by atoms with Crippen molar-refractivity contribution >= 4 is 33.0 Å². The Balaban J connectivity index is 2.20. The van der Waals surface area contributed by atoms with Gasteiger partial charge in [0, 0.05) is 34.4 Å². The van der Waals surface area contributed by atoms with Crippen molar-refractivity contribution in [3.63, 3.8) is 0 Å². The van der Waals surface area contributed by atoms with Crippen molar-refractivity contribution in [2.24, 2.45) is 0 Å². The predicted octanol–water partition coefficient (Wildman–Crippen LogP) is 3.49. The quantitative estimate of drug-likeness (QED) is 0.619. The zero-order valence-electron chi connectivity index (χ0n) is 13.0. The molecule has 1 aliphatic heterocycles. The average molecular weight is 363 g/mol. The van der Waals surface area contributed by atoms with Crippen molar-refractivity contribution in [2.75, 3.05) is 12.9 Å². The number of carbonyl (C=O) groups excluding carboxylic acids is 1. The zero-order chi connectivity index (χ0) is 17.3. The maximum atomic E-state index is 12.1. The fourth-order valence-corrected chi connectivity index (χ4v) is 3.55. The molecule has 6 heteroatoms. The molecule has 0 radical (unpaired) electrons. The lowest BCUT2D eigenvalue weighted by atomic mass is 9.92. The van der Waals surface area contributed by atoms with Crippen LogP contribution >= 0.6 is 11.6 Å². The minimum atomic E-state index is -3.28. The summed E-state index contributed by atoms with van der Waals surface area (Å²) in [6, 6.07) is 13.7. The van der Waals surface area contributed by atoms with Gasteiger partial charge in [0.2, 0.25) is 0 Å². The van der Waals surface area contributed by atoms with E-state index in [1.54, 1.807) is 18.2 Å². The normalized spacial score (nSPS) is 16.8. The molecule has 1 aliphatic rings. The third kappa shape index (κ3) is 3.23. The average Bonchev–Trinajstić information content (AvgIpc) is 2.95. The van der Waals surface area contributed by atoms with Crippen LogP contribution in [0.4, 0.5) is 0 Å². The summed E-state index contributed by atoms with van der Waals surface area (Å²) in [6.45, 7) is 0.337. The van der Waals surface area contributed by atoms with E-state index in [-0.39, 0.29) is 10.9 Å². The summed E-state index contributed by atoms with van der Waals surface area (Å²) in [5.41, 5.74) is 2.68. The van der Waals surface area contributed by atoms with Gasteiger partial charge in [0.25, 0.3) is 0 Å². The third-order valence-corrected chi connectivity index (χ3v) is 5.31. The number of hydrogen-bond acceptors (Lipinski definition) is 4. The zero-order valence-corrected chi connectivity index (χ0v) is 14.5. The lowest BCUT2D eigenvalue weighted by Crippen LogP contribution is -2.02. The van der Waals surface area contributed by atoms with Gasteiger partial charge < -0.3 is 4.74 Å². The largest absolute Gasteiger partial charge is 0.462 e. The van der Waals surface area contributed by atoms with Gasteiger partial charge in [0.05, 0.1) is 11.5 Å². The molecule has 0 amide bonds. The molecular formula is C18H15ClO4S. The second kappa shape index (κ2) is 6.42. The standard InChI is InChI=1S/C18H15ClO4S/c1-24(21,22)13-8-6-12(7-9-13)17(15-10-11-23-18(15)20)14-4-2-3-5-16(14)19/h2-9H,10-11H2,1H3/b17-15-. The molecule has 0 aliphatic carbocycles. The first-order chi connectivity index (χ1) is 11.4. The molecule has 0 saturated carbocycles. The number of rotatable bonds is 3. The highest BCUT2D eigenvalue weighted by Crippen LogP contribution is 2.35. The first-order valence-corrected chi connectivity index (χ1v) is 9.60. The first-order valence-electron chi connectivity index (χ1n) is 7.33. The van der Waals surface area contributed by atoms with Crippen molar-refractivity contribution in [1.29, 1.82) is 0 Å². The van der Waals surface area contributed by atoms with E-state index in [4.69, 9.17) is 16.3 Å². The van der Waals surface area contributed by atoms with Crippen LogP contribution in [0, 0.1) is 0 Å². The van der Waals surface area contributed by atoms with Crippen molar-refractivity contribution in [3.8, 4) is 0 Å². The number of cyclic esters (lactones) is 1. The molecule has 124 valence electrons. The molecule has 1 saturated heterocycles. The van der Waals surface area contributed by atoms with Crippen LogP contribution in [0.25, 0.3) is 5.57 Å². The van der Waals surface area contributed by atoms with Gasteiger partial charge in [-0.25, -0.2) is 13.2 Å². The summed E-state index contributed by atoms with van der Waals surface area (Å²) in [7, 11) is -3.28. The second-order valence-electron chi connectivity index (χ2n) is 5.52. The lowest BCUT2D eigenvalue weighted by molar-refractivity contribution is -0.135. The Morgan fingerprint density at radius 2 is 1.75 bits per heavy atom. The van der Waals surface area contributed by atoms with Crippen LogP contribution in [0.3, 0.4) is 0 Å². The van der Waals surface area contributed by atoms with Crippen LogP contribution in [-0.2, 0) is 19.4 Å². The number of hydrogen-bond donors (Lipinski definition) is 0. The molecule has 0 aromatic heterocycles. The molecule has 2 aromatic carbocycles. The van der Waals surface area contributed by atoms with E-state index in [1.165, 1.54) is 12.1 Å². The van der Waals surface area contributed by atoms with Crippen LogP contribution in [0.15, 0.2) is 59.0 Å². The number of esters is 1. The van der Waals surface area contributed by atoms with E-state index in [9.17, 15) is 13.2 Å². The molecule has 1 heterocycles. The summed E-state index contributed by atoms with van der Waals surface area (Å²) in [6.07, 6.45) is 1.65. The Morgan fingerprint density at radius 1 is 1.08 bits per heavy atom. The number of benzene rings is 2. The maximum Gasteiger partial charge on any atom is 0.334 e. The van der Waals surface area contributed by atoms with Gasteiger partial charge in [-0.1, -0.05) is 41.9 Å². The van der Waals surface area contributed by atoms with E-state index >= 15 is 0 Å². The van der Waals surface area contributed by atoms with Crippen LogP contribution in [0.1, 0.15) is 17.5 Å². The van der Waals surface area contributed by atoms with Crippen LogP contribution in [0.2, 0.25) is 5.02 Å². The number of halogens is 1. The second-order valence-corrected chi connectivity index (χ2v) is 7.94. The Hall–Kier alpha value is -2.11. The fourth-order valence-electron chi connectivity index (χ4n) is 2.69. The topological polar surface area (TPSA) is 60.4 Å². The monoisotopic (exact) mass is 362 g/mol. The Morgan fingerprint density at radius 3 is 2.29 bits per heavy atom. The highest BCUT2D eigenvalue weighted by Gasteiger charge is 2.26. The molecule has 1 fully saturated rings. The van der Waals surface area contributed by atoms with Gasteiger partial charge in [-0.15, -0.1) is 0 Å². The SMILES string of the molecule is CS(=O)(=O)c1ccc(/C(=C2\CCOC2=O)c2ccccc2Cl)cc1. The van der Waals surface area contributed by atoms with Crippen molar-refractivity contribution in [1.82, 2.24) is 0 Å². The predicted molar refractivity (Wildman–Crippen MR) is 92.6 cm³/mol. The molecule has 0 atom stereocenters. The van der Waals surface area contributed by atoms with Crippen molar-refractivity contribution < 1.29 is 17.9 Å². The maximum absolute atomic E-state index is 12.1. The van der Waals surface area contributed by atoms with Gasteiger partial charge in [0.15, 0.2) is 9.84 Å². The van der Waals surface area contributed by atoms with Gasteiger partial charge in [-0.2, -0.15) is 0 Å². The molecule has 3 rings (SSSR count). The third-order valence-electron chi connectivity index (χ3n) is 3.85. The molecule has 4 nitrogen and oxygen atoms in total. The van der Waals surface area contributed by atoms with Crippen LogP contribution < -0.4 is 0 Å². The van der Waals surface area contributed by atoms with Crippen molar-refractivity contribution in [2.45, 2.75) is 11.3 Å². The molecule has 24 heavy (non-hydrogen) atoms. The summed E-state index contributed by atoms with van der Waals surface area (Å²) in [5, 5.41) is 0.520. The number of carbonyl (C=O) groups is 1. The fraction of sp³-hybridized carbons (Fsp3) is 0.167. The lowest BCUT2D eigenvalue weighted by Gasteiger charge is -2.13. The van der Waals surface area contributed by atoms with E-state index < -0.39 is 9.84 Å². The molecular weight excluding hydrogens is 348 g/mol. The van der Waals surface area contributed by atoms with Gasteiger partial charge >= 0.3 is 5.97 Å². The summed E-state index contributed by atoms with van der Waals surface area (Å²) >= 11 is 6.32. The van der Waals surface area contributed by atoms with Crippen LogP contribution in [0.5, 0.6) is 0 Å². The molecule has 0 unspecified atom stereocenters. The minimum absolute atomic E-state index is 0.226. The summed E-state index contributed by atoms with van der Waals surface area (Å²) < 4.78 is 28.3. The van der Waals surface area contributed by atoms with E-state index in [1.807, 2.05) is 18.2 Å². The van der Waals surface area contributed by atoms with Gasteiger partial charge in [0.1, 0.15) is 0 Å². The number of sulfone groups is 1. The van der Waals surface area contributed by atoms with Gasteiger partial charge in [-0.3, -0.25) is 0 Å².